The summed E-state index contributed by atoms with van der Waals surface area (Å²) in [4.78, 5) is 2.39. The van der Waals surface area contributed by atoms with Crippen LogP contribution in [-0.2, 0) is 13.0 Å². The lowest BCUT2D eigenvalue weighted by Crippen LogP contribution is -2.38. The summed E-state index contributed by atoms with van der Waals surface area (Å²) in [5.41, 5.74) is 4.77. The second-order valence-corrected chi connectivity index (χ2v) is 6.57. The van der Waals surface area contributed by atoms with E-state index in [-0.39, 0.29) is 11.9 Å². The number of aryl methyl sites for hydroxylation is 1. The van der Waals surface area contributed by atoms with Gasteiger partial charge in [0.15, 0.2) is 0 Å². The highest BCUT2D eigenvalue weighted by Gasteiger charge is 2.24. The van der Waals surface area contributed by atoms with Crippen molar-refractivity contribution < 1.29 is 4.39 Å². The van der Waals surface area contributed by atoms with E-state index in [1.807, 2.05) is 6.07 Å². The van der Waals surface area contributed by atoms with Crippen molar-refractivity contribution in [1.82, 2.24) is 0 Å². The predicted octanol–water partition coefficient (Wildman–Crippen LogP) is 5.20. The van der Waals surface area contributed by atoms with Gasteiger partial charge in [-0.2, -0.15) is 0 Å². The van der Waals surface area contributed by atoms with Gasteiger partial charge >= 0.3 is 0 Å². The van der Waals surface area contributed by atoms with Gasteiger partial charge in [-0.3, -0.25) is 0 Å². The van der Waals surface area contributed by atoms with Crippen LogP contribution in [0.1, 0.15) is 23.1 Å². The van der Waals surface area contributed by atoms with Crippen LogP contribution < -0.4 is 4.90 Å². The Balaban J connectivity index is 1.65. The number of rotatable bonds is 2. The minimum atomic E-state index is -0.229. The van der Waals surface area contributed by atoms with Gasteiger partial charge < -0.3 is 4.90 Å². The van der Waals surface area contributed by atoms with Gasteiger partial charge in [0.2, 0.25) is 0 Å². The lowest BCUT2D eigenvalue weighted by Gasteiger charge is -2.36. The third-order valence-electron chi connectivity index (χ3n) is 4.79. The van der Waals surface area contributed by atoms with Gasteiger partial charge in [0.1, 0.15) is 5.82 Å². The van der Waals surface area contributed by atoms with E-state index in [2.05, 4.69) is 65.3 Å². The molecule has 128 valence electrons. The van der Waals surface area contributed by atoms with Crippen LogP contribution in [0, 0.1) is 17.7 Å². The van der Waals surface area contributed by atoms with E-state index in [1.165, 1.54) is 28.9 Å². The Kier molecular flexibility index (Phi) is 4.71. The molecule has 0 aromatic heterocycles. The van der Waals surface area contributed by atoms with Crippen molar-refractivity contribution in [2.24, 2.45) is 0 Å². The van der Waals surface area contributed by atoms with Gasteiger partial charge in [-0.05, 0) is 54.3 Å². The van der Waals surface area contributed by atoms with Crippen LogP contribution in [0.5, 0.6) is 0 Å². The van der Waals surface area contributed by atoms with Crippen molar-refractivity contribution in [1.29, 1.82) is 0 Å². The molecule has 0 bridgehead atoms. The quantitative estimate of drug-likeness (QED) is 0.579. The normalized spacial score (nSPS) is 15.7. The lowest BCUT2D eigenvalue weighted by atomic mass is 9.95. The molecule has 0 radical (unpaired) electrons. The average Bonchev–Trinajstić information content (AvgIpc) is 2.69. The number of anilines is 1. The molecule has 1 nitrogen and oxygen atoms in total. The molecule has 0 spiro atoms. The minimum absolute atomic E-state index is 0.148. The molecule has 2 heteroatoms. The van der Waals surface area contributed by atoms with Crippen molar-refractivity contribution in [3.8, 4) is 11.8 Å². The molecule has 3 aromatic carbocycles. The predicted molar refractivity (Wildman–Crippen MR) is 104 cm³/mol. The maximum atomic E-state index is 13.1. The highest BCUT2D eigenvalue weighted by molar-refractivity contribution is 5.58. The van der Waals surface area contributed by atoms with Crippen LogP contribution in [0.3, 0.4) is 0 Å². The average molecular weight is 341 g/mol. The number of hydrogen-bond donors (Lipinski definition) is 0. The molecule has 1 aliphatic heterocycles. The highest BCUT2D eigenvalue weighted by Crippen LogP contribution is 2.31. The monoisotopic (exact) mass is 341 g/mol. The second kappa shape index (κ2) is 7.45. The van der Waals surface area contributed by atoms with Crippen molar-refractivity contribution in [2.45, 2.75) is 25.4 Å². The molecule has 0 saturated carbocycles. The maximum absolute atomic E-state index is 13.1. The van der Waals surface area contributed by atoms with E-state index in [9.17, 15) is 4.39 Å². The summed E-state index contributed by atoms with van der Waals surface area (Å²) in [5.74, 6) is 6.42. The largest absolute Gasteiger partial charge is 0.353 e. The fourth-order valence-electron chi connectivity index (χ4n) is 3.44. The van der Waals surface area contributed by atoms with Crippen LogP contribution in [0.4, 0.5) is 10.1 Å². The molecular formula is C24H20FN. The number of hydrogen-bond acceptors (Lipinski definition) is 1. The number of fused-ring (bicyclic) bond motifs is 1. The van der Waals surface area contributed by atoms with Crippen molar-refractivity contribution >= 4 is 5.69 Å². The van der Waals surface area contributed by atoms with E-state index in [0.29, 0.717) is 0 Å². The van der Waals surface area contributed by atoms with Crippen molar-refractivity contribution in [3.63, 3.8) is 0 Å². The first kappa shape index (κ1) is 16.4. The summed E-state index contributed by atoms with van der Waals surface area (Å²) in [5, 5.41) is 0. The fraction of sp³-hybridized carbons (Fsp3) is 0.167. The van der Waals surface area contributed by atoms with Gasteiger partial charge in [-0.15, -0.1) is 0 Å². The molecule has 1 atom stereocenters. The molecule has 1 unspecified atom stereocenters. The number of halogens is 1. The Labute approximate surface area is 154 Å². The molecule has 26 heavy (non-hydrogen) atoms. The van der Waals surface area contributed by atoms with Crippen molar-refractivity contribution in [3.05, 3.63) is 101 Å². The molecular weight excluding hydrogens is 321 g/mol. The Morgan fingerprint density at radius 1 is 0.885 bits per heavy atom. The van der Waals surface area contributed by atoms with Crippen LogP contribution in [0.15, 0.2) is 78.9 Å². The molecule has 1 heterocycles. The van der Waals surface area contributed by atoms with E-state index in [0.717, 1.165) is 24.9 Å². The van der Waals surface area contributed by atoms with E-state index in [4.69, 9.17) is 0 Å². The zero-order valence-corrected chi connectivity index (χ0v) is 14.5. The summed E-state index contributed by atoms with van der Waals surface area (Å²) in [6, 6.07) is 25.6. The van der Waals surface area contributed by atoms with E-state index >= 15 is 0 Å². The highest BCUT2D eigenvalue weighted by atomic mass is 19.1. The first-order valence-electron chi connectivity index (χ1n) is 8.95. The Morgan fingerprint density at radius 2 is 1.62 bits per heavy atom. The van der Waals surface area contributed by atoms with E-state index in [1.54, 1.807) is 12.1 Å². The number of para-hydroxylation sites is 1. The molecule has 1 aliphatic rings. The Morgan fingerprint density at radius 3 is 2.42 bits per heavy atom. The summed E-state index contributed by atoms with van der Waals surface area (Å²) in [6.07, 6.45) is 2.03. The molecule has 0 amide bonds. The van der Waals surface area contributed by atoms with Crippen molar-refractivity contribution in [2.75, 3.05) is 4.90 Å². The SMILES string of the molecule is Fc1ccc(C#CC2CCc3ccccc3N2Cc2ccccc2)cc1. The zero-order valence-electron chi connectivity index (χ0n) is 14.5. The topological polar surface area (TPSA) is 3.24 Å². The minimum Gasteiger partial charge on any atom is -0.353 e. The second-order valence-electron chi connectivity index (χ2n) is 6.57. The fourth-order valence-corrected chi connectivity index (χ4v) is 3.44. The Hall–Kier alpha value is -3.05. The van der Waals surface area contributed by atoms with Crippen LogP contribution >= 0.6 is 0 Å². The first-order valence-corrected chi connectivity index (χ1v) is 8.95. The molecule has 0 saturated heterocycles. The Bertz CT molecular complexity index is 935. The van der Waals surface area contributed by atoms with Gasteiger partial charge in [-0.1, -0.05) is 60.4 Å². The van der Waals surface area contributed by atoms with Gasteiger partial charge in [-0.25, -0.2) is 4.39 Å². The third kappa shape index (κ3) is 3.63. The summed E-state index contributed by atoms with van der Waals surface area (Å²) >= 11 is 0. The van der Waals surface area contributed by atoms with Gasteiger partial charge in [0, 0.05) is 17.8 Å². The molecule has 0 fully saturated rings. The molecule has 4 rings (SSSR count). The van der Waals surface area contributed by atoms with Gasteiger partial charge in [0.25, 0.3) is 0 Å². The standard InChI is InChI=1S/C24H20FN/c25-22-14-10-19(11-15-22)12-16-23-17-13-21-8-4-5-9-24(21)26(23)18-20-6-2-1-3-7-20/h1-11,14-15,23H,13,17-18H2. The molecule has 3 aromatic rings. The first-order chi connectivity index (χ1) is 12.8. The smallest absolute Gasteiger partial charge is 0.123 e. The lowest BCUT2D eigenvalue weighted by molar-refractivity contribution is 0.615. The summed E-state index contributed by atoms with van der Waals surface area (Å²) in [7, 11) is 0. The number of benzene rings is 3. The maximum Gasteiger partial charge on any atom is 0.123 e. The zero-order chi connectivity index (χ0) is 17.8. The number of nitrogens with zero attached hydrogens (tertiary/aromatic N) is 1. The molecule has 0 N–H and O–H groups in total. The van der Waals surface area contributed by atoms with Crippen LogP contribution in [0.25, 0.3) is 0 Å². The summed E-state index contributed by atoms with van der Waals surface area (Å²) in [6.45, 7) is 0.834. The third-order valence-corrected chi connectivity index (χ3v) is 4.79. The summed E-state index contributed by atoms with van der Waals surface area (Å²) < 4.78 is 13.1. The van der Waals surface area contributed by atoms with E-state index < -0.39 is 0 Å². The van der Waals surface area contributed by atoms with Gasteiger partial charge in [0.05, 0.1) is 6.04 Å². The molecule has 0 aliphatic carbocycles. The van der Waals surface area contributed by atoms with Crippen LogP contribution in [-0.4, -0.2) is 6.04 Å². The van der Waals surface area contributed by atoms with Crippen LogP contribution in [0.2, 0.25) is 0 Å².